The van der Waals surface area contributed by atoms with Crippen LogP contribution in [0.25, 0.3) is 15.9 Å². The van der Waals surface area contributed by atoms with E-state index in [-0.39, 0.29) is 5.69 Å². The number of aryl methyl sites for hydroxylation is 1. The molecule has 0 radical (unpaired) electrons. The monoisotopic (exact) mass is 453 g/mol. The van der Waals surface area contributed by atoms with Gasteiger partial charge in [-0.1, -0.05) is 36.4 Å². The van der Waals surface area contributed by atoms with Crippen LogP contribution in [0.3, 0.4) is 0 Å². The van der Waals surface area contributed by atoms with E-state index in [1.807, 2.05) is 31.2 Å². The molecule has 0 saturated heterocycles. The van der Waals surface area contributed by atoms with Crippen LogP contribution in [-0.2, 0) is 4.79 Å². The first kappa shape index (κ1) is 19.5. The summed E-state index contributed by atoms with van der Waals surface area (Å²) in [7, 11) is 0. The number of non-ortho nitro benzene ring substituents is 1. The largest absolute Gasteiger partial charge is 0.354 e. The Hall–Kier alpha value is -4.17. The second-order valence-corrected chi connectivity index (χ2v) is 9.24. The maximum atomic E-state index is 13.5. The molecule has 0 bridgehead atoms. The number of nitrogens with one attached hydrogen (secondary N) is 1. The lowest BCUT2D eigenvalue weighted by atomic mass is 9.73. The molecule has 160 valence electrons. The van der Waals surface area contributed by atoms with Crippen molar-refractivity contribution < 1.29 is 14.5 Å². The number of allylic oxidation sites excluding steroid dienone is 1. The summed E-state index contributed by atoms with van der Waals surface area (Å²) in [6.07, 6.45) is 0. The van der Waals surface area contributed by atoms with E-state index in [9.17, 15) is 19.7 Å². The van der Waals surface area contributed by atoms with Crippen molar-refractivity contribution in [1.82, 2.24) is 4.98 Å². The van der Waals surface area contributed by atoms with Crippen LogP contribution in [0.15, 0.2) is 66.2 Å². The lowest BCUT2D eigenvalue weighted by Crippen LogP contribution is -2.32. The second-order valence-electron chi connectivity index (χ2n) is 8.01. The van der Waals surface area contributed by atoms with Gasteiger partial charge in [0, 0.05) is 46.0 Å². The summed E-state index contributed by atoms with van der Waals surface area (Å²) in [6.45, 7) is 1.92. The van der Waals surface area contributed by atoms with Gasteiger partial charge in [0.2, 0.25) is 11.6 Å². The number of fused-ring (bicyclic) bond motifs is 5. The molecule has 0 spiro atoms. The van der Waals surface area contributed by atoms with Crippen LogP contribution < -0.4 is 5.32 Å². The van der Waals surface area contributed by atoms with E-state index in [0.29, 0.717) is 28.0 Å². The van der Waals surface area contributed by atoms with Gasteiger partial charge >= 0.3 is 0 Å². The highest BCUT2D eigenvalue weighted by atomic mass is 32.1. The van der Waals surface area contributed by atoms with Crippen molar-refractivity contribution in [2.24, 2.45) is 0 Å². The molecule has 1 unspecified atom stereocenters. The Kier molecular flexibility index (Phi) is 4.09. The van der Waals surface area contributed by atoms with Crippen LogP contribution in [0.5, 0.6) is 0 Å². The number of nitrogens with zero attached hydrogens (tertiary/aromatic N) is 2. The zero-order valence-electron chi connectivity index (χ0n) is 17.3. The van der Waals surface area contributed by atoms with Gasteiger partial charge in [0.05, 0.1) is 25.8 Å². The normalized spacial score (nSPS) is 16.8. The first-order valence-corrected chi connectivity index (χ1v) is 11.1. The average Bonchev–Trinajstić information content (AvgIpc) is 3.21. The fourth-order valence-electron chi connectivity index (χ4n) is 4.74. The minimum Gasteiger partial charge on any atom is -0.354 e. The molecule has 8 heteroatoms. The highest BCUT2D eigenvalue weighted by molar-refractivity contribution is 7.18. The van der Waals surface area contributed by atoms with E-state index >= 15 is 0 Å². The lowest BCUT2D eigenvalue weighted by molar-refractivity contribution is -0.384. The third-order valence-corrected chi connectivity index (χ3v) is 7.08. The first-order valence-electron chi connectivity index (χ1n) is 10.3. The smallest absolute Gasteiger partial charge is 0.269 e. The number of carbonyl (C=O) groups is 2. The number of carbonyl (C=O) groups excluding carboxylic acids is 2. The summed E-state index contributed by atoms with van der Waals surface area (Å²) in [4.78, 5) is 42.0. The van der Waals surface area contributed by atoms with Crippen LogP contribution in [0.2, 0.25) is 0 Å². The summed E-state index contributed by atoms with van der Waals surface area (Å²) in [5.41, 5.74) is 4.98. The number of benzene rings is 3. The minimum atomic E-state index is -0.591. The Balaban J connectivity index is 1.69. The van der Waals surface area contributed by atoms with Gasteiger partial charge < -0.3 is 5.32 Å². The van der Waals surface area contributed by atoms with Crippen molar-refractivity contribution in [2.45, 2.75) is 12.8 Å². The van der Waals surface area contributed by atoms with Gasteiger partial charge in [-0.05, 0) is 24.6 Å². The summed E-state index contributed by atoms with van der Waals surface area (Å²) in [5, 5.41) is 15.5. The maximum absolute atomic E-state index is 13.5. The molecule has 0 amide bonds. The van der Waals surface area contributed by atoms with Crippen molar-refractivity contribution in [2.75, 3.05) is 5.32 Å². The Labute approximate surface area is 191 Å². The molecule has 2 aliphatic rings. The van der Waals surface area contributed by atoms with E-state index < -0.39 is 22.4 Å². The fraction of sp³-hybridized carbons (Fsp3) is 0.0800. The van der Waals surface area contributed by atoms with Crippen molar-refractivity contribution in [3.8, 4) is 0 Å². The molecule has 1 atom stereocenters. The molecule has 6 rings (SSSR count). The number of thiazole rings is 1. The van der Waals surface area contributed by atoms with Crippen LogP contribution in [0.1, 0.15) is 38.0 Å². The molecule has 0 saturated carbocycles. The van der Waals surface area contributed by atoms with Crippen LogP contribution in [0, 0.1) is 17.0 Å². The maximum Gasteiger partial charge on any atom is 0.269 e. The summed E-state index contributed by atoms with van der Waals surface area (Å²) in [6, 6.07) is 17.2. The Morgan fingerprint density at radius 2 is 1.70 bits per heavy atom. The summed E-state index contributed by atoms with van der Waals surface area (Å²) >= 11 is 1.55. The van der Waals surface area contributed by atoms with Crippen molar-refractivity contribution in [3.63, 3.8) is 0 Å². The number of rotatable bonds is 2. The number of hydrogen-bond acceptors (Lipinski definition) is 7. The Morgan fingerprint density at radius 1 is 0.970 bits per heavy atom. The summed E-state index contributed by atoms with van der Waals surface area (Å²) in [5.74, 6) is -1.72. The average molecular weight is 453 g/mol. The fourth-order valence-corrected chi connectivity index (χ4v) is 5.58. The molecule has 1 N–H and O–H groups in total. The molecular formula is C25H15N3O4S. The molecule has 1 aliphatic heterocycles. The SMILES string of the molecule is Cc1nc2c3c(ccc2s1)NC1=C(C(=O)C(=O)c2ccccc21)C3c1ccc([N+](=O)[O-])cc1. The first-order chi connectivity index (χ1) is 15.9. The zero-order chi connectivity index (χ0) is 22.9. The molecule has 3 aromatic carbocycles. The number of anilines is 1. The Morgan fingerprint density at radius 3 is 2.42 bits per heavy atom. The van der Waals surface area contributed by atoms with E-state index in [1.165, 1.54) is 12.1 Å². The predicted octanol–water partition coefficient (Wildman–Crippen LogP) is 5.25. The van der Waals surface area contributed by atoms with Crippen molar-refractivity contribution >= 4 is 50.2 Å². The van der Waals surface area contributed by atoms with E-state index in [1.54, 1.807) is 35.6 Å². The van der Waals surface area contributed by atoms with Crippen LogP contribution >= 0.6 is 11.3 Å². The molecule has 7 nitrogen and oxygen atoms in total. The van der Waals surface area contributed by atoms with Gasteiger partial charge in [0.25, 0.3) is 5.69 Å². The third-order valence-electron chi connectivity index (χ3n) is 6.14. The standard InChI is InChI=1S/C25H15N3O4S/c1-12-26-23-18(33-12)11-10-17-20(23)19(13-6-8-14(9-7-13)28(31)32)21-22(27-17)15-4-2-3-5-16(15)24(29)25(21)30/h2-11,19,27H,1H3. The van der Waals surface area contributed by atoms with E-state index in [0.717, 1.165) is 26.5 Å². The van der Waals surface area contributed by atoms with Gasteiger partial charge in [-0.25, -0.2) is 4.98 Å². The highest BCUT2D eigenvalue weighted by Gasteiger charge is 2.42. The van der Waals surface area contributed by atoms with Crippen LogP contribution in [0.4, 0.5) is 11.4 Å². The number of aromatic nitrogens is 1. The summed E-state index contributed by atoms with van der Waals surface area (Å²) < 4.78 is 0.971. The predicted molar refractivity (Wildman–Crippen MR) is 126 cm³/mol. The minimum absolute atomic E-state index is 0.0405. The van der Waals surface area contributed by atoms with Gasteiger partial charge in [-0.2, -0.15) is 0 Å². The topological polar surface area (TPSA) is 102 Å². The van der Waals surface area contributed by atoms with Crippen molar-refractivity contribution in [1.29, 1.82) is 0 Å². The molecule has 4 aromatic rings. The highest BCUT2D eigenvalue weighted by Crippen LogP contribution is 2.50. The van der Waals surface area contributed by atoms with Gasteiger partial charge in [0.15, 0.2) is 0 Å². The van der Waals surface area contributed by atoms with E-state index in [4.69, 9.17) is 4.98 Å². The third kappa shape index (κ3) is 2.77. The molecule has 1 aliphatic carbocycles. The molecule has 33 heavy (non-hydrogen) atoms. The molecule has 0 fully saturated rings. The molecule has 2 heterocycles. The number of Topliss-reactive ketones (excluding diaryl/α,β-unsaturated/α-hetero) is 2. The number of ketones is 2. The Bertz CT molecular complexity index is 1570. The lowest BCUT2D eigenvalue weighted by Gasteiger charge is -2.34. The van der Waals surface area contributed by atoms with Gasteiger partial charge in [-0.3, -0.25) is 19.7 Å². The quantitative estimate of drug-likeness (QED) is 0.253. The molecular weight excluding hydrogens is 438 g/mol. The number of nitro groups is 1. The number of nitro benzene ring substituents is 1. The van der Waals surface area contributed by atoms with Gasteiger partial charge in [0.1, 0.15) is 0 Å². The zero-order valence-corrected chi connectivity index (χ0v) is 18.1. The second kappa shape index (κ2) is 6.91. The van der Waals surface area contributed by atoms with Crippen LogP contribution in [-0.4, -0.2) is 21.5 Å². The van der Waals surface area contributed by atoms with Crippen molar-refractivity contribution in [3.05, 3.63) is 104 Å². The number of hydrogen-bond donors (Lipinski definition) is 1. The molecule has 1 aromatic heterocycles. The van der Waals surface area contributed by atoms with E-state index in [2.05, 4.69) is 5.32 Å². The van der Waals surface area contributed by atoms with Gasteiger partial charge in [-0.15, -0.1) is 11.3 Å².